The maximum Gasteiger partial charge on any atom is 0.226 e. The minimum absolute atomic E-state index is 0.264. The first-order valence-corrected chi connectivity index (χ1v) is 8.35. The molecule has 20 heavy (non-hydrogen) atoms. The molecule has 1 N–H and O–H groups in total. The lowest BCUT2D eigenvalue weighted by molar-refractivity contribution is -0.132. The molecule has 2 heterocycles. The molecule has 3 rings (SSSR count). The van der Waals surface area contributed by atoms with Crippen molar-refractivity contribution in [1.29, 1.82) is 0 Å². The van der Waals surface area contributed by atoms with Crippen molar-refractivity contribution in [3.05, 3.63) is 16.1 Å². The largest absolute Gasteiger partial charge is 0.339 e. The van der Waals surface area contributed by atoms with Gasteiger partial charge in [-0.1, -0.05) is 6.92 Å². The molecular weight excluding hydrogens is 270 g/mol. The van der Waals surface area contributed by atoms with E-state index in [2.05, 4.69) is 17.2 Å². The van der Waals surface area contributed by atoms with Gasteiger partial charge in [0.15, 0.2) is 0 Å². The average Bonchev–Trinajstić information content (AvgIpc) is 2.95. The maximum absolute atomic E-state index is 12.5. The first-order chi connectivity index (χ1) is 9.64. The van der Waals surface area contributed by atoms with Crippen molar-refractivity contribution in [2.24, 2.45) is 11.3 Å². The molecule has 2 fully saturated rings. The standard InChI is InChI=1S/C15H23N3OS/c1-3-11-9-17-13(20-11)10-18(2)14(19)12-8-15(12)4-6-16-7-5-15/h9,12,16H,3-8,10H2,1-2H3. The smallest absolute Gasteiger partial charge is 0.226 e. The van der Waals surface area contributed by atoms with Crippen molar-refractivity contribution in [3.8, 4) is 0 Å². The van der Waals surface area contributed by atoms with Crippen molar-refractivity contribution in [3.63, 3.8) is 0 Å². The highest BCUT2D eigenvalue weighted by Gasteiger charge is 2.58. The predicted molar refractivity (Wildman–Crippen MR) is 80.6 cm³/mol. The number of carbonyl (C=O) groups excluding carboxylic acids is 1. The van der Waals surface area contributed by atoms with Crippen LogP contribution in [-0.4, -0.2) is 35.9 Å². The van der Waals surface area contributed by atoms with Crippen LogP contribution < -0.4 is 5.32 Å². The zero-order chi connectivity index (χ0) is 14.2. The number of hydrogen-bond donors (Lipinski definition) is 1. The molecule has 1 saturated heterocycles. The second kappa shape index (κ2) is 5.45. The summed E-state index contributed by atoms with van der Waals surface area (Å²) in [4.78, 5) is 20.1. The van der Waals surface area contributed by atoms with Gasteiger partial charge >= 0.3 is 0 Å². The molecule has 1 atom stereocenters. The molecule has 110 valence electrons. The summed E-state index contributed by atoms with van der Waals surface area (Å²) < 4.78 is 0. The Bertz CT molecular complexity index is 493. The van der Waals surface area contributed by atoms with Crippen LogP contribution in [0.15, 0.2) is 6.20 Å². The number of nitrogens with one attached hydrogen (secondary N) is 1. The number of thiazole rings is 1. The van der Waals surface area contributed by atoms with Crippen LogP contribution in [0.2, 0.25) is 0 Å². The van der Waals surface area contributed by atoms with E-state index in [-0.39, 0.29) is 5.92 Å². The monoisotopic (exact) mass is 293 g/mol. The van der Waals surface area contributed by atoms with Crippen molar-refractivity contribution in [1.82, 2.24) is 15.2 Å². The van der Waals surface area contributed by atoms with Gasteiger partial charge in [-0.3, -0.25) is 4.79 Å². The number of aryl methyl sites for hydroxylation is 1. The molecule has 1 aromatic rings. The third-order valence-electron chi connectivity index (χ3n) is 4.79. The van der Waals surface area contributed by atoms with Gasteiger partial charge in [-0.15, -0.1) is 11.3 Å². The molecule has 5 heteroatoms. The van der Waals surface area contributed by atoms with Gasteiger partial charge in [0.1, 0.15) is 5.01 Å². The summed E-state index contributed by atoms with van der Waals surface area (Å²) >= 11 is 1.72. The third-order valence-corrected chi connectivity index (χ3v) is 5.91. The Kier molecular flexibility index (Phi) is 3.82. The van der Waals surface area contributed by atoms with Crippen LogP contribution in [0, 0.1) is 11.3 Å². The van der Waals surface area contributed by atoms with Gasteiger partial charge in [-0.2, -0.15) is 0 Å². The van der Waals surface area contributed by atoms with E-state index in [4.69, 9.17) is 0 Å². The van der Waals surface area contributed by atoms with E-state index in [0.717, 1.165) is 43.8 Å². The highest BCUT2D eigenvalue weighted by atomic mass is 32.1. The lowest BCUT2D eigenvalue weighted by atomic mass is 9.91. The van der Waals surface area contributed by atoms with E-state index in [0.29, 0.717) is 17.9 Å². The quantitative estimate of drug-likeness (QED) is 0.924. The minimum atomic E-state index is 0.264. The summed E-state index contributed by atoms with van der Waals surface area (Å²) in [5.41, 5.74) is 0.327. The van der Waals surface area contributed by atoms with E-state index >= 15 is 0 Å². The van der Waals surface area contributed by atoms with Crippen molar-refractivity contribution in [2.45, 2.75) is 39.2 Å². The molecule has 1 saturated carbocycles. The summed E-state index contributed by atoms with van der Waals surface area (Å²) in [5.74, 6) is 0.584. The maximum atomic E-state index is 12.5. The zero-order valence-corrected chi connectivity index (χ0v) is 13.1. The Balaban J connectivity index is 1.57. The molecular formula is C15H23N3OS. The summed E-state index contributed by atoms with van der Waals surface area (Å²) in [6.07, 6.45) is 6.37. The van der Waals surface area contributed by atoms with Crippen molar-refractivity contribution in [2.75, 3.05) is 20.1 Å². The highest BCUT2D eigenvalue weighted by molar-refractivity contribution is 7.11. The molecule has 1 aliphatic carbocycles. The lowest BCUT2D eigenvalue weighted by Crippen LogP contribution is -2.34. The van der Waals surface area contributed by atoms with Gasteiger partial charge in [0.25, 0.3) is 0 Å². The van der Waals surface area contributed by atoms with Gasteiger partial charge in [0, 0.05) is 24.0 Å². The molecule has 0 radical (unpaired) electrons. The van der Waals surface area contributed by atoms with Crippen molar-refractivity contribution < 1.29 is 4.79 Å². The molecule has 0 bridgehead atoms. The Morgan fingerprint density at radius 2 is 2.30 bits per heavy atom. The fraction of sp³-hybridized carbons (Fsp3) is 0.733. The van der Waals surface area contributed by atoms with E-state index in [1.807, 2.05) is 18.1 Å². The molecule has 1 aliphatic heterocycles. The molecule has 0 aromatic carbocycles. The summed E-state index contributed by atoms with van der Waals surface area (Å²) in [5, 5.41) is 4.44. The van der Waals surface area contributed by atoms with Gasteiger partial charge in [-0.25, -0.2) is 4.98 Å². The Morgan fingerprint density at radius 3 is 2.95 bits per heavy atom. The highest BCUT2D eigenvalue weighted by Crippen LogP contribution is 2.59. The van der Waals surface area contributed by atoms with Crippen molar-refractivity contribution >= 4 is 17.2 Å². The first kappa shape index (κ1) is 14.0. The second-order valence-corrected chi connectivity index (χ2v) is 7.34. The van der Waals surface area contributed by atoms with Crippen LogP contribution >= 0.6 is 11.3 Å². The van der Waals surface area contributed by atoms with E-state index in [9.17, 15) is 4.79 Å². The normalized spacial score (nSPS) is 23.8. The molecule has 2 aliphatic rings. The SMILES string of the molecule is CCc1cnc(CN(C)C(=O)C2CC23CCNCC3)s1. The number of aromatic nitrogens is 1. The lowest BCUT2D eigenvalue weighted by Gasteiger charge is -2.24. The molecule has 1 unspecified atom stereocenters. The van der Waals surface area contributed by atoms with Gasteiger partial charge in [-0.05, 0) is 44.2 Å². The minimum Gasteiger partial charge on any atom is -0.339 e. The number of piperidine rings is 1. The molecule has 1 aromatic heterocycles. The van der Waals surface area contributed by atoms with E-state index < -0.39 is 0 Å². The zero-order valence-electron chi connectivity index (χ0n) is 12.3. The second-order valence-electron chi connectivity index (χ2n) is 6.14. The van der Waals surface area contributed by atoms with Crippen LogP contribution in [0.5, 0.6) is 0 Å². The first-order valence-electron chi connectivity index (χ1n) is 7.54. The fourth-order valence-electron chi connectivity index (χ4n) is 3.31. The van der Waals surface area contributed by atoms with Gasteiger partial charge in [0.05, 0.1) is 6.54 Å². The van der Waals surface area contributed by atoms with Gasteiger partial charge in [0.2, 0.25) is 5.91 Å². The van der Waals surface area contributed by atoms with Crippen LogP contribution in [-0.2, 0) is 17.8 Å². The van der Waals surface area contributed by atoms with Crippen LogP contribution in [0.25, 0.3) is 0 Å². The topological polar surface area (TPSA) is 45.2 Å². The summed E-state index contributed by atoms with van der Waals surface area (Å²) in [6, 6.07) is 0. The van der Waals surface area contributed by atoms with E-state index in [1.165, 1.54) is 4.88 Å². The third kappa shape index (κ3) is 2.61. The van der Waals surface area contributed by atoms with Gasteiger partial charge < -0.3 is 10.2 Å². The number of nitrogens with zero attached hydrogens (tertiary/aromatic N) is 2. The number of amides is 1. The van der Waals surface area contributed by atoms with E-state index in [1.54, 1.807) is 11.3 Å². The summed E-state index contributed by atoms with van der Waals surface area (Å²) in [6.45, 7) is 4.94. The van der Waals surface area contributed by atoms with Crippen LogP contribution in [0.4, 0.5) is 0 Å². The average molecular weight is 293 g/mol. The molecule has 1 amide bonds. The molecule has 4 nitrogen and oxygen atoms in total. The van der Waals surface area contributed by atoms with Crippen LogP contribution in [0.3, 0.4) is 0 Å². The Labute approximate surface area is 124 Å². The number of rotatable bonds is 4. The summed E-state index contributed by atoms with van der Waals surface area (Å²) in [7, 11) is 1.92. The van der Waals surface area contributed by atoms with Crippen LogP contribution in [0.1, 0.15) is 36.1 Å². The number of carbonyl (C=O) groups is 1. The Morgan fingerprint density at radius 1 is 1.55 bits per heavy atom. The number of hydrogen-bond acceptors (Lipinski definition) is 4. The Hall–Kier alpha value is -0.940. The molecule has 1 spiro atoms. The predicted octanol–water partition coefficient (Wildman–Crippen LogP) is 2.05. The fourth-order valence-corrected chi connectivity index (χ4v) is 4.22.